The third-order valence-electron chi connectivity index (χ3n) is 2.21. The molecule has 0 bridgehead atoms. The van der Waals surface area contributed by atoms with Gasteiger partial charge in [-0.1, -0.05) is 11.8 Å². The second-order valence-electron chi connectivity index (χ2n) is 3.32. The molecule has 0 saturated carbocycles. The van der Waals surface area contributed by atoms with Crippen molar-refractivity contribution in [1.29, 1.82) is 0 Å². The van der Waals surface area contributed by atoms with Gasteiger partial charge in [-0.2, -0.15) is 0 Å². The predicted octanol–water partition coefficient (Wildman–Crippen LogP) is 1.90. The fourth-order valence-electron chi connectivity index (χ4n) is 1.34. The summed E-state index contributed by atoms with van der Waals surface area (Å²) in [5.41, 5.74) is 0.675. The van der Waals surface area contributed by atoms with Crippen LogP contribution in [-0.2, 0) is 13.2 Å². The van der Waals surface area contributed by atoms with E-state index in [9.17, 15) is 5.11 Å². The van der Waals surface area contributed by atoms with Crippen molar-refractivity contribution in [2.45, 2.75) is 18.3 Å². The van der Waals surface area contributed by atoms with Crippen molar-refractivity contribution < 1.29 is 9.52 Å². The molecular formula is C11H13N3O2S. The van der Waals surface area contributed by atoms with Crippen LogP contribution in [0.4, 0.5) is 5.82 Å². The molecule has 0 unspecified atom stereocenters. The van der Waals surface area contributed by atoms with Crippen LogP contribution in [0.25, 0.3) is 0 Å². The fraction of sp³-hybridized carbons (Fsp3) is 0.273. The first-order valence-electron chi connectivity index (χ1n) is 5.10. The molecule has 0 aliphatic carbocycles. The van der Waals surface area contributed by atoms with Gasteiger partial charge in [0.15, 0.2) is 5.16 Å². The van der Waals surface area contributed by atoms with Crippen LogP contribution in [0, 0.1) is 0 Å². The van der Waals surface area contributed by atoms with Crippen molar-refractivity contribution >= 4 is 17.6 Å². The molecule has 0 aliphatic heterocycles. The summed E-state index contributed by atoms with van der Waals surface area (Å²) in [7, 11) is 0. The summed E-state index contributed by atoms with van der Waals surface area (Å²) in [6.45, 7) is 0.444. The molecule has 0 radical (unpaired) electrons. The van der Waals surface area contributed by atoms with Gasteiger partial charge in [-0.25, -0.2) is 9.97 Å². The summed E-state index contributed by atoms with van der Waals surface area (Å²) in [6.07, 6.45) is 5.16. The molecule has 2 aromatic rings. The summed E-state index contributed by atoms with van der Waals surface area (Å²) in [6, 6.07) is 3.71. The van der Waals surface area contributed by atoms with Crippen molar-refractivity contribution in [3.63, 3.8) is 0 Å². The fourth-order valence-corrected chi connectivity index (χ4v) is 1.68. The molecule has 2 heterocycles. The number of thioether (sulfide) groups is 1. The van der Waals surface area contributed by atoms with E-state index in [4.69, 9.17) is 4.42 Å². The van der Waals surface area contributed by atoms with Gasteiger partial charge in [0, 0.05) is 11.8 Å². The molecule has 0 aromatic carbocycles. The van der Waals surface area contributed by atoms with Crippen LogP contribution in [0.2, 0.25) is 0 Å². The largest absolute Gasteiger partial charge is 0.467 e. The Labute approximate surface area is 103 Å². The third kappa shape index (κ3) is 2.98. The summed E-state index contributed by atoms with van der Waals surface area (Å²) in [4.78, 5) is 8.40. The first-order chi connectivity index (χ1) is 8.33. The zero-order chi connectivity index (χ0) is 12.1. The minimum atomic E-state index is -0.0881. The Morgan fingerprint density at radius 2 is 2.41 bits per heavy atom. The highest BCUT2D eigenvalue weighted by atomic mass is 32.2. The molecule has 90 valence electrons. The van der Waals surface area contributed by atoms with E-state index in [1.54, 1.807) is 12.5 Å². The molecule has 0 saturated heterocycles. The quantitative estimate of drug-likeness (QED) is 0.624. The van der Waals surface area contributed by atoms with Crippen molar-refractivity contribution in [3.8, 4) is 0 Å². The lowest BCUT2D eigenvalue weighted by Crippen LogP contribution is -2.05. The molecular weight excluding hydrogens is 238 g/mol. The lowest BCUT2D eigenvalue weighted by atomic mass is 10.3. The number of aliphatic hydroxyl groups is 1. The topological polar surface area (TPSA) is 71.2 Å². The average molecular weight is 251 g/mol. The number of nitrogens with zero attached hydrogens (tertiary/aromatic N) is 2. The van der Waals surface area contributed by atoms with Crippen LogP contribution in [0.15, 0.2) is 34.2 Å². The smallest absolute Gasteiger partial charge is 0.189 e. The molecule has 0 aliphatic rings. The van der Waals surface area contributed by atoms with Gasteiger partial charge < -0.3 is 14.8 Å². The van der Waals surface area contributed by atoms with E-state index in [0.717, 1.165) is 5.76 Å². The first-order valence-corrected chi connectivity index (χ1v) is 6.33. The molecule has 0 fully saturated rings. The van der Waals surface area contributed by atoms with Gasteiger partial charge in [0.1, 0.15) is 11.6 Å². The normalized spacial score (nSPS) is 10.5. The predicted molar refractivity (Wildman–Crippen MR) is 65.8 cm³/mol. The first kappa shape index (κ1) is 11.9. The maximum Gasteiger partial charge on any atom is 0.189 e. The van der Waals surface area contributed by atoms with Crippen LogP contribution >= 0.6 is 11.8 Å². The van der Waals surface area contributed by atoms with E-state index in [0.29, 0.717) is 23.1 Å². The Morgan fingerprint density at radius 1 is 1.53 bits per heavy atom. The van der Waals surface area contributed by atoms with E-state index < -0.39 is 0 Å². The van der Waals surface area contributed by atoms with Gasteiger partial charge in [0.2, 0.25) is 0 Å². The van der Waals surface area contributed by atoms with Gasteiger partial charge >= 0.3 is 0 Å². The number of anilines is 1. The molecule has 2 N–H and O–H groups in total. The van der Waals surface area contributed by atoms with Gasteiger partial charge in [-0.05, 0) is 18.4 Å². The molecule has 5 nitrogen and oxygen atoms in total. The number of hydrogen-bond donors (Lipinski definition) is 2. The Morgan fingerprint density at radius 3 is 3.06 bits per heavy atom. The molecule has 2 aromatic heterocycles. The Balaban J connectivity index is 2.12. The number of rotatable bonds is 5. The number of furan rings is 1. The Bertz CT molecular complexity index is 474. The van der Waals surface area contributed by atoms with Gasteiger partial charge in [-0.15, -0.1) is 0 Å². The van der Waals surface area contributed by atoms with Gasteiger partial charge in [0.05, 0.1) is 19.4 Å². The standard InChI is InChI=1S/C11H13N3O2S/c1-17-11-13-5-8(7-15)10(14-11)12-6-9-3-2-4-16-9/h2-5,15H,6-7H2,1H3,(H,12,13,14). The molecule has 0 spiro atoms. The highest BCUT2D eigenvalue weighted by Gasteiger charge is 2.06. The highest BCUT2D eigenvalue weighted by molar-refractivity contribution is 7.98. The highest BCUT2D eigenvalue weighted by Crippen LogP contribution is 2.17. The zero-order valence-corrected chi connectivity index (χ0v) is 10.2. The van der Waals surface area contributed by atoms with Crippen LogP contribution in [0.5, 0.6) is 0 Å². The van der Waals surface area contributed by atoms with E-state index in [-0.39, 0.29) is 6.61 Å². The molecule has 0 amide bonds. The Hall–Kier alpha value is -1.53. The van der Waals surface area contributed by atoms with Crippen LogP contribution in [0.3, 0.4) is 0 Å². The van der Waals surface area contributed by atoms with Crippen LogP contribution < -0.4 is 5.32 Å². The summed E-state index contributed by atoms with van der Waals surface area (Å²) in [5.74, 6) is 1.46. The maximum atomic E-state index is 9.19. The minimum absolute atomic E-state index is 0.0881. The average Bonchev–Trinajstić information content (AvgIpc) is 2.89. The third-order valence-corrected chi connectivity index (χ3v) is 2.77. The monoisotopic (exact) mass is 251 g/mol. The molecule has 6 heteroatoms. The number of aliphatic hydroxyl groups excluding tert-OH is 1. The molecule has 0 atom stereocenters. The van der Waals surface area contributed by atoms with Crippen LogP contribution in [0.1, 0.15) is 11.3 Å². The maximum absolute atomic E-state index is 9.19. The zero-order valence-electron chi connectivity index (χ0n) is 9.38. The second-order valence-corrected chi connectivity index (χ2v) is 4.09. The summed E-state index contributed by atoms with van der Waals surface area (Å²) >= 11 is 1.46. The second kappa shape index (κ2) is 5.70. The van der Waals surface area contributed by atoms with E-state index in [1.165, 1.54) is 11.8 Å². The molecule has 17 heavy (non-hydrogen) atoms. The summed E-state index contributed by atoms with van der Waals surface area (Å²) in [5, 5.41) is 13.0. The number of aromatic nitrogens is 2. The lowest BCUT2D eigenvalue weighted by molar-refractivity contribution is 0.281. The number of nitrogens with one attached hydrogen (secondary N) is 1. The van der Waals surface area contributed by atoms with Crippen molar-refractivity contribution in [2.75, 3.05) is 11.6 Å². The number of hydrogen-bond acceptors (Lipinski definition) is 6. The van der Waals surface area contributed by atoms with E-state index in [1.807, 2.05) is 18.4 Å². The summed E-state index contributed by atoms with van der Waals surface area (Å²) < 4.78 is 5.21. The van der Waals surface area contributed by atoms with Crippen LogP contribution in [-0.4, -0.2) is 21.3 Å². The van der Waals surface area contributed by atoms with E-state index in [2.05, 4.69) is 15.3 Å². The van der Waals surface area contributed by atoms with E-state index >= 15 is 0 Å². The SMILES string of the molecule is CSc1ncc(CO)c(NCc2ccco2)n1. The molecule has 2 rings (SSSR count). The van der Waals surface area contributed by atoms with Crippen molar-refractivity contribution in [2.24, 2.45) is 0 Å². The minimum Gasteiger partial charge on any atom is -0.467 e. The Kier molecular flexibility index (Phi) is 4.00. The lowest BCUT2D eigenvalue weighted by Gasteiger charge is -2.08. The van der Waals surface area contributed by atoms with Crippen molar-refractivity contribution in [1.82, 2.24) is 9.97 Å². The van der Waals surface area contributed by atoms with Crippen molar-refractivity contribution in [3.05, 3.63) is 35.9 Å². The van der Waals surface area contributed by atoms with Gasteiger partial charge in [-0.3, -0.25) is 0 Å². The van der Waals surface area contributed by atoms with Gasteiger partial charge in [0.25, 0.3) is 0 Å².